The van der Waals surface area contributed by atoms with Gasteiger partial charge in [0.25, 0.3) is 0 Å². The standard InChI is InChI=1S/C17H18N2S/c1-12-19-17(11-20-12)10-16(18)9-13-6-7-14-4-2-3-5-15(14)8-13/h2-8,11,16H,9-10,18H2,1H3. The van der Waals surface area contributed by atoms with Gasteiger partial charge in [-0.05, 0) is 29.7 Å². The molecule has 0 aliphatic carbocycles. The molecule has 0 aliphatic heterocycles. The summed E-state index contributed by atoms with van der Waals surface area (Å²) in [5, 5.41) is 5.77. The van der Waals surface area contributed by atoms with Gasteiger partial charge in [0.1, 0.15) is 0 Å². The third kappa shape index (κ3) is 3.06. The van der Waals surface area contributed by atoms with Crippen LogP contribution >= 0.6 is 11.3 Å². The summed E-state index contributed by atoms with van der Waals surface area (Å²) in [6.07, 6.45) is 1.73. The number of nitrogens with two attached hydrogens (primary N) is 1. The molecule has 0 amide bonds. The van der Waals surface area contributed by atoms with Crippen LogP contribution in [0.15, 0.2) is 47.8 Å². The van der Waals surface area contributed by atoms with Crippen LogP contribution in [0, 0.1) is 6.92 Å². The number of hydrogen-bond acceptors (Lipinski definition) is 3. The minimum absolute atomic E-state index is 0.123. The molecular formula is C17H18N2S. The maximum atomic E-state index is 6.26. The van der Waals surface area contributed by atoms with E-state index in [1.165, 1.54) is 16.3 Å². The van der Waals surface area contributed by atoms with E-state index in [4.69, 9.17) is 5.73 Å². The molecule has 0 spiro atoms. The van der Waals surface area contributed by atoms with Gasteiger partial charge in [-0.1, -0.05) is 42.5 Å². The van der Waals surface area contributed by atoms with Crippen molar-refractivity contribution >= 4 is 22.1 Å². The fraction of sp³-hybridized carbons (Fsp3) is 0.235. The molecule has 3 heteroatoms. The molecule has 0 bridgehead atoms. The van der Waals surface area contributed by atoms with Crippen LogP contribution in [0.5, 0.6) is 0 Å². The molecule has 20 heavy (non-hydrogen) atoms. The first-order valence-electron chi connectivity index (χ1n) is 6.85. The Bertz CT molecular complexity index is 718. The highest BCUT2D eigenvalue weighted by Crippen LogP contribution is 2.17. The Morgan fingerprint density at radius 2 is 1.90 bits per heavy atom. The van der Waals surface area contributed by atoms with Crippen molar-refractivity contribution in [2.24, 2.45) is 5.73 Å². The van der Waals surface area contributed by atoms with Crippen LogP contribution in [0.25, 0.3) is 10.8 Å². The number of hydrogen-bond donors (Lipinski definition) is 1. The fourth-order valence-electron chi connectivity index (χ4n) is 2.51. The molecule has 2 N–H and O–H groups in total. The lowest BCUT2D eigenvalue weighted by molar-refractivity contribution is 0.656. The predicted octanol–water partition coefficient (Wildman–Crippen LogP) is 3.72. The van der Waals surface area contributed by atoms with Crippen molar-refractivity contribution in [3.05, 3.63) is 64.1 Å². The van der Waals surface area contributed by atoms with Gasteiger partial charge in [0.05, 0.1) is 10.7 Å². The van der Waals surface area contributed by atoms with Crippen molar-refractivity contribution in [2.45, 2.75) is 25.8 Å². The van der Waals surface area contributed by atoms with Crippen LogP contribution in [0.2, 0.25) is 0 Å². The molecule has 0 saturated carbocycles. The van der Waals surface area contributed by atoms with Gasteiger partial charge >= 0.3 is 0 Å². The minimum atomic E-state index is 0.123. The largest absolute Gasteiger partial charge is 0.327 e. The first kappa shape index (κ1) is 13.3. The maximum Gasteiger partial charge on any atom is 0.0897 e. The van der Waals surface area contributed by atoms with Crippen LogP contribution in [-0.4, -0.2) is 11.0 Å². The van der Waals surface area contributed by atoms with Crippen LogP contribution < -0.4 is 5.73 Å². The van der Waals surface area contributed by atoms with E-state index in [1.54, 1.807) is 11.3 Å². The summed E-state index contributed by atoms with van der Waals surface area (Å²) in [7, 11) is 0. The number of nitrogens with zero attached hydrogens (tertiary/aromatic N) is 1. The van der Waals surface area contributed by atoms with Gasteiger partial charge in [0.2, 0.25) is 0 Å². The van der Waals surface area contributed by atoms with Gasteiger partial charge in [-0.25, -0.2) is 4.98 Å². The molecular weight excluding hydrogens is 264 g/mol. The van der Waals surface area contributed by atoms with Gasteiger partial charge in [0, 0.05) is 17.8 Å². The van der Waals surface area contributed by atoms with Crippen molar-refractivity contribution in [2.75, 3.05) is 0 Å². The second-order valence-corrected chi connectivity index (χ2v) is 6.27. The lowest BCUT2D eigenvalue weighted by Gasteiger charge is -2.11. The number of thiazole rings is 1. The number of aromatic nitrogens is 1. The molecule has 1 aromatic heterocycles. The predicted molar refractivity (Wildman–Crippen MR) is 86.2 cm³/mol. The summed E-state index contributed by atoms with van der Waals surface area (Å²) in [5.74, 6) is 0. The molecule has 0 saturated heterocycles. The normalized spacial score (nSPS) is 12.7. The van der Waals surface area contributed by atoms with Crippen molar-refractivity contribution < 1.29 is 0 Å². The van der Waals surface area contributed by atoms with Gasteiger partial charge in [-0.2, -0.15) is 0 Å². The summed E-state index contributed by atoms with van der Waals surface area (Å²) >= 11 is 1.69. The van der Waals surface area contributed by atoms with Gasteiger partial charge in [-0.3, -0.25) is 0 Å². The van der Waals surface area contributed by atoms with Crippen LogP contribution in [0.3, 0.4) is 0 Å². The zero-order valence-corrected chi connectivity index (χ0v) is 12.4. The Labute approximate surface area is 123 Å². The van der Waals surface area contributed by atoms with Gasteiger partial charge in [-0.15, -0.1) is 11.3 Å². The zero-order valence-electron chi connectivity index (χ0n) is 11.5. The van der Waals surface area contributed by atoms with Crippen molar-refractivity contribution in [1.82, 2.24) is 4.98 Å². The number of rotatable bonds is 4. The minimum Gasteiger partial charge on any atom is -0.327 e. The molecule has 2 nitrogen and oxygen atoms in total. The second-order valence-electron chi connectivity index (χ2n) is 5.21. The quantitative estimate of drug-likeness (QED) is 0.792. The average molecular weight is 282 g/mol. The van der Waals surface area contributed by atoms with Crippen LogP contribution in [0.4, 0.5) is 0 Å². The summed E-state index contributed by atoms with van der Waals surface area (Å²) in [6, 6.07) is 15.1. The van der Waals surface area contributed by atoms with E-state index in [0.717, 1.165) is 23.5 Å². The molecule has 0 radical (unpaired) electrons. The topological polar surface area (TPSA) is 38.9 Å². The van der Waals surface area contributed by atoms with E-state index in [1.807, 2.05) is 6.92 Å². The first-order valence-corrected chi connectivity index (χ1v) is 7.73. The van der Waals surface area contributed by atoms with E-state index in [9.17, 15) is 0 Å². The zero-order chi connectivity index (χ0) is 13.9. The average Bonchev–Trinajstić information content (AvgIpc) is 2.83. The highest BCUT2D eigenvalue weighted by molar-refractivity contribution is 7.09. The molecule has 0 aliphatic rings. The molecule has 1 unspecified atom stereocenters. The van der Waals surface area contributed by atoms with Gasteiger partial charge < -0.3 is 5.73 Å². The SMILES string of the molecule is Cc1nc(CC(N)Cc2ccc3ccccc3c2)cs1. The molecule has 0 fully saturated rings. The highest BCUT2D eigenvalue weighted by Gasteiger charge is 2.08. The molecule has 3 rings (SSSR count). The Balaban J connectivity index is 1.72. The third-order valence-corrected chi connectivity index (χ3v) is 4.27. The Morgan fingerprint density at radius 3 is 2.65 bits per heavy atom. The van der Waals surface area contributed by atoms with Crippen molar-refractivity contribution in [3.8, 4) is 0 Å². The van der Waals surface area contributed by atoms with E-state index in [-0.39, 0.29) is 6.04 Å². The van der Waals surface area contributed by atoms with E-state index in [0.29, 0.717) is 0 Å². The molecule has 1 atom stereocenters. The Kier molecular flexibility index (Phi) is 3.81. The number of fused-ring (bicyclic) bond motifs is 1. The second kappa shape index (κ2) is 5.73. The maximum absolute atomic E-state index is 6.26. The Hall–Kier alpha value is -1.71. The first-order chi connectivity index (χ1) is 9.70. The summed E-state index contributed by atoms with van der Waals surface area (Å²) < 4.78 is 0. The molecule has 102 valence electrons. The summed E-state index contributed by atoms with van der Waals surface area (Å²) in [4.78, 5) is 4.48. The summed E-state index contributed by atoms with van der Waals surface area (Å²) in [5.41, 5.74) is 8.66. The molecule has 3 aromatic rings. The van der Waals surface area contributed by atoms with E-state index in [2.05, 4.69) is 52.8 Å². The highest BCUT2D eigenvalue weighted by atomic mass is 32.1. The summed E-state index contributed by atoms with van der Waals surface area (Å²) in [6.45, 7) is 2.03. The monoisotopic (exact) mass is 282 g/mol. The van der Waals surface area contributed by atoms with E-state index >= 15 is 0 Å². The number of benzene rings is 2. The van der Waals surface area contributed by atoms with Crippen molar-refractivity contribution in [3.63, 3.8) is 0 Å². The smallest absolute Gasteiger partial charge is 0.0897 e. The lowest BCUT2D eigenvalue weighted by atomic mass is 10.00. The van der Waals surface area contributed by atoms with Crippen molar-refractivity contribution in [1.29, 1.82) is 0 Å². The van der Waals surface area contributed by atoms with Crippen LogP contribution in [-0.2, 0) is 12.8 Å². The fourth-order valence-corrected chi connectivity index (χ4v) is 3.14. The van der Waals surface area contributed by atoms with Gasteiger partial charge in [0.15, 0.2) is 0 Å². The molecule has 2 aromatic carbocycles. The Morgan fingerprint density at radius 1 is 1.10 bits per heavy atom. The van der Waals surface area contributed by atoms with E-state index < -0.39 is 0 Å². The number of aryl methyl sites for hydroxylation is 1. The lowest BCUT2D eigenvalue weighted by Crippen LogP contribution is -2.25. The van der Waals surface area contributed by atoms with Crippen LogP contribution in [0.1, 0.15) is 16.3 Å². The molecule has 1 heterocycles. The third-order valence-electron chi connectivity index (χ3n) is 3.45.